The molecule has 5 nitrogen and oxygen atoms in total. The van der Waals surface area contributed by atoms with Crippen LogP contribution in [0.2, 0.25) is 0 Å². The van der Waals surface area contributed by atoms with E-state index >= 15 is 0 Å². The van der Waals surface area contributed by atoms with E-state index in [1.807, 2.05) is 0 Å². The van der Waals surface area contributed by atoms with Gasteiger partial charge in [0.15, 0.2) is 17.2 Å². The number of ether oxygens (including phenoxy) is 1. The van der Waals surface area contributed by atoms with Crippen LogP contribution in [-0.2, 0) is 6.61 Å². The molecule has 2 aromatic heterocycles. The molecule has 0 amide bonds. The lowest BCUT2D eigenvalue weighted by Crippen LogP contribution is -2.21. The fourth-order valence-electron chi connectivity index (χ4n) is 4.13. The lowest BCUT2D eigenvalue weighted by Gasteiger charge is -2.24. The van der Waals surface area contributed by atoms with Crippen molar-refractivity contribution in [2.45, 2.75) is 51.7 Å². The SMILES string of the molecule is Cc1nc2c(OCc3c(F)cccc3F)cccn2c1C(=O)CC1CCC(O)CC1. The van der Waals surface area contributed by atoms with E-state index in [-0.39, 0.29) is 30.0 Å². The van der Waals surface area contributed by atoms with Crippen molar-refractivity contribution in [1.82, 2.24) is 9.38 Å². The van der Waals surface area contributed by atoms with Crippen molar-refractivity contribution in [2.75, 3.05) is 0 Å². The van der Waals surface area contributed by atoms with Crippen LogP contribution in [0, 0.1) is 24.5 Å². The normalized spacial score (nSPS) is 19.2. The second kappa shape index (κ2) is 8.52. The molecule has 1 aromatic carbocycles. The maximum Gasteiger partial charge on any atom is 0.181 e. The van der Waals surface area contributed by atoms with Crippen LogP contribution in [-0.4, -0.2) is 26.4 Å². The first-order valence-corrected chi connectivity index (χ1v) is 10.2. The molecular formula is C23H24F2N2O3. The van der Waals surface area contributed by atoms with Gasteiger partial charge in [0.05, 0.1) is 17.4 Å². The predicted octanol–water partition coefficient (Wildman–Crippen LogP) is 4.62. The van der Waals surface area contributed by atoms with Crippen molar-refractivity contribution >= 4 is 11.4 Å². The number of aliphatic hydroxyl groups excluding tert-OH is 1. The van der Waals surface area contributed by atoms with Crippen LogP contribution in [0.25, 0.3) is 5.65 Å². The number of aliphatic hydroxyl groups is 1. The van der Waals surface area contributed by atoms with Crippen LogP contribution < -0.4 is 4.74 Å². The zero-order chi connectivity index (χ0) is 21.3. The molecule has 1 aliphatic rings. The molecule has 0 unspecified atom stereocenters. The van der Waals surface area contributed by atoms with E-state index in [2.05, 4.69) is 4.98 Å². The first-order valence-electron chi connectivity index (χ1n) is 10.2. The molecule has 3 aromatic rings. The molecule has 4 rings (SSSR count). The Hall–Kier alpha value is -2.80. The molecular weight excluding hydrogens is 390 g/mol. The summed E-state index contributed by atoms with van der Waals surface area (Å²) >= 11 is 0. The molecule has 0 radical (unpaired) electrons. The Bertz CT molecular complexity index is 1050. The Morgan fingerprint density at radius 1 is 1.17 bits per heavy atom. The van der Waals surface area contributed by atoms with Gasteiger partial charge in [-0.15, -0.1) is 0 Å². The molecule has 0 atom stereocenters. The minimum Gasteiger partial charge on any atom is -0.485 e. The Kier molecular flexibility index (Phi) is 5.81. The number of ketones is 1. The molecule has 30 heavy (non-hydrogen) atoms. The third-order valence-corrected chi connectivity index (χ3v) is 5.78. The number of benzene rings is 1. The fourth-order valence-corrected chi connectivity index (χ4v) is 4.13. The fraction of sp³-hybridized carbons (Fsp3) is 0.391. The van der Waals surface area contributed by atoms with Gasteiger partial charge in [-0.1, -0.05) is 6.07 Å². The molecule has 0 aliphatic heterocycles. The van der Waals surface area contributed by atoms with Crippen molar-refractivity contribution < 1.29 is 23.4 Å². The molecule has 1 saturated carbocycles. The first-order chi connectivity index (χ1) is 14.4. The highest BCUT2D eigenvalue weighted by molar-refractivity contribution is 5.96. The zero-order valence-electron chi connectivity index (χ0n) is 16.8. The van der Waals surface area contributed by atoms with E-state index in [1.165, 1.54) is 18.2 Å². The minimum absolute atomic E-state index is 0.00121. The number of pyridine rings is 1. The van der Waals surface area contributed by atoms with Gasteiger partial charge in [0, 0.05) is 12.6 Å². The average molecular weight is 414 g/mol. The van der Waals surface area contributed by atoms with Gasteiger partial charge >= 0.3 is 0 Å². The zero-order valence-corrected chi connectivity index (χ0v) is 16.8. The molecule has 2 heterocycles. The number of rotatable bonds is 6. The van der Waals surface area contributed by atoms with E-state index in [1.54, 1.807) is 29.7 Å². The summed E-state index contributed by atoms with van der Waals surface area (Å²) in [5.74, 6) is -0.735. The summed E-state index contributed by atoms with van der Waals surface area (Å²) in [4.78, 5) is 17.5. The van der Waals surface area contributed by atoms with Gasteiger partial charge in [-0.25, -0.2) is 13.8 Å². The Morgan fingerprint density at radius 3 is 2.57 bits per heavy atom. The van der Waals surface area contributed by atoms with Crippen LogP contribution in [0.15, 0.2) is 36.5 Å². The summed E-state index contributed by atoms with van der Waals surface area (Å²) in [5.41, 5.74) is 1.37. The number of carbonyl (C=O) groups is 1. The molecule has 1 N–H and O–H groups in total. The van der Waals surface area contributed by atoms with Gasteiger partial charge in [-0.3, -0.25) is 9.20 Å². The van der Waals surface area contributed by atoms with E-state index in [0.29, 0.717) is 29.2 Å². The van der Waals surface area contributed by atoms with Crippen LogP contribution in [0.3, 0.4) is 0 Å². The molecule has 0 saturated heterocycles. The molecule has 1 aliphatic carbocycles. The van der Waals surface area contributed by atoms with Crippen LogP contribution in [0.4, 0.5) is 8.78 Å². The summed E-state index contributed by atoms with van der Waals surface area (Å²) in [7, 11) is 0. The van der Waals surface area contributed by atoms with E-state index in [4.69, 9.17) is 4.74 Å². The lowest BCUT2D eigenvalue weighted by atomic mass is 9.84. The van der Waals surface area contributed by atoms with Gasteiger partial charge in [0.2, 0.25) is 0 Å². The minimum atomic E-state index is -0.671. The number of halogens is 2. The number of imidazole rings is 1. The summed E-state index contributed by atoms with van der Waals surface area (Å²) in [6.07, 6.45) is 5.03. The molecule has 7 heteroatoms. The standard InChI is InChI=1S/C23H24F2N2O3/c1-14-22(20(29)12-15-7-9-16(28)10-8-15)27-11-3-6-21(23(27)26-14)30-13-17-18(24)4-2-5-19(17)25/h2-6,11,15-16,28H,7-10,12-13H2,1H3. The number of Topliss-reactive ketones (excluding diaryl/α,β-unsaturated/α-hetero) is 1. The van der Waals surface area contributed by atoms with Crippen molar-refractivity contribution in [2.24, 2.45) is 5.92 Å². The summed E-state index contributed by atoms with van der Waals surface area (Å²) in [6, 6.07) is 7.05. The second-order valence-corrected chi connectivity index (χ2v) is 7.90. The smallest absolute Gasteiger partial charge is 0.181 e. The third-order valence-electron chi connectivity index (χ3n) is 5.78. The van der Waals surface area contributed by atoms with Crippen molar-refractivity contribution in [3.63, 3.8) is 0 Å². The van der Waals surface area contributed by atoms with Crippen molar-refractivity contribution in [3.8, 4) is 5.75 Å². The molecule has 0 spiro atoms. The summed E-state index contributed by atoms with van der Waals surface area (Å²) in [6.45, 7) is 1.49. The van der Waals surface area contributed by atoms with Gasteiger partial charge in [0.25, 0.3) is 0 Å². The van der Waals surface area contributed by atoms with E-state index in [9.17, 15) is 18.7 Å². The monoisotopic (exact) mass is 414 g/mol. The molecule has 158 valence electrons. The number of fused-ring (bicyclic) bond motifs is 1. The summed E-state index contributed by atoms with van der Waals surface area (Å²) in [5, 5.41) is 9.67. The quantitative estimate of drug-likeness (QED) is 0.598. The Labute approximate surface area is 173 Å². The highest BCUT2D eigenvalue weighted by atomic mass is 19.1. The van der Waals surface area contributed by atoms with Crippen LogP contribution in [0.1, 0.15) is 53.8 Å². The number of nitrogens with zero attached hydrogens (tertiary/aromatic N) is 2. The lowest BCUT2D eigenvalue weighted by molar-refractivity contribution is 0.0854. The second-order valence-electron chi connectivity index (χ2n) is 7.90. The largest absolute Gasteiger partial charge is 0.485 e. The topological polar surface area (TPSA) is 63.8 Å². The van der Waals surface area contributed by atoms with Gasteiger partial charge < -0.3 is 9.84 Å². The van der Waals surface area contributed by atoms with E-state index < -0.39 is 11.6 Å². The number of aryl methyl sites for hydroxylation is 1. The number of aromatic nitrogens is 2. The molecule has 0 bridgehead atoms. The predicted molar refractivity (Wildman–Crippen MR) is 108 cm³/mol. The van der Waals surface area contributed by atoms with Crippen molar-refractivity contribution in [3.05, 3.63) is 65.1 Å². The number of hydrogen-bond donors (Lipinski definition) is 1. The molecule has 1 fully saturated rings. The summed E-state index contributed by atoms with van der Waals surface area (Å²) < 4.78 is 35.1. The van der Waals surface area contributed by atoms with Gasteiger partial charge in [0.1, 0.15) is 23.9 Å². The van der Waals surface area contributed by atoms with Crippen LogP contribution in [0.5, 0.6) is 5.75 Å². The number of carbonyl (C=O) groups excluding carboxylic acids is 1. The Balaban J connectivity index is 1.56. The maximum absolute atomic E-state index is 13.9. The van der Waals surface area contributed by atoms with Crippen molar-refractivity contribution in [1.29, 1.82) is 0 Å². The van der Waals surface area contributed by atoms with Crippen LogP contribution >= 0.6 is 0 Å². The average Bonchev–Trinajstić information content (AvgIpc) is 3.06. The Morgan fingerprint density at radius 2 is 1.87 bits per heavy atom. The van der Waals surface area contributed by atoms with E-state index in [0.717, 1.165) is 25.7 Å². The highest BCUT2D eigenvalue weighted by Gasteiger charge is 2.25. The highest BCUT2D eigenvalue weighted by Crippen LogP contribution is 2.30. The maximum atomic E-state index is 13.9. The van der Waals surface area contributed by atoms with Gasteiger partial charge in [-0.2, -0.15) is 0 Å². The number of hydrogen-bond acceptors (Lipinski definition) is 4. The third kappa shape index (κ3) is 4.07. The first kappa shape index (κ1) is 20.5. The van der Waals surface area contributed by atoms with Gasteiger partial charge in [-0.05, 0) is 62.8 Å².